The molecular formula is C20H23FN2O2. The standard InChI is InChI=1S/C20H23FN2O2/c1-15(20(25)22-2)23(14-17-8-11-18(21)12-9-17)19(24)13-10-16-6-4-3-5-7-16/h3-9,11-12,15H,10,13-14H2,1-2H3,(H,22,25). The Balaban J connectivity index is 2.10. The first kappa shape index (κ1) is 18.6. The number of rotatable bonds is 7. The number of nitrogens with zero attached hydrogens (tertiary/aromatic N) is 1. The van der Waals surface area contributed by atoms with Crippen molar-refractivity contribution in [3.8, 4) is 0 Å². The van der Waals surface area contributed by atoms with Crippen molar-refractivity contribution in [2.45, 2.75) is 32.4 Å². The van der Waals surface area contributed by atoms with Crippen molar-refractivity contribution < 1.29 is 14.0 Å². The topological polar surface area (TPSA) is 49.4 Å². The van der Waals surface area contributed by atoms with Crippen LogP contribution in [0.1, 0.15) is 24.5 Å². The van der Waals surface area contributed by atoms with Crippen LogP contribution in [0.25, 0.3) is 0 Å². The lowest BCUT2D eigenvalue weighted by molar-refractivity contribution is -0.140. The molecule has 25 heavy (non-hydrogen) atoms. The molecule has 2 aromatic rings. The minimum Gasteiger partial charge on any atom is -0.357 e. The minimum atomic E-state index is -0.599. The molecule has 0 saturated carbocycles. The molecule has 1 unspecified atom stereocenters. The Labute approximate surface area is 147 Å². The highest BCUT2D eigenvalue weighted by atomic mass is 19.1. The van der Waals surface area contributed by atoms with Gasteiger partial charge in [0, 0.05) is 20.0 Å². The Morgan fingerprint density at radius 3 is 2.28 bits per heavy atom. The number of likely N-dealkylation sites (N-methyl/N-ethyl adjacent to an activating group) is 1. The molecule has 4 nitrogen and oxygen atoms in total. The molecule has 0 spiro atoms. The summed E-state index contributed by atoms with van der Waals surface area (Å²) in [5.74, 6) is -0.662. The maximum absolute atomic E-state index is 13.1. The predicted molar refractivity (Wildman–Crippen MR) is 95.2 cm³/mol. The van der Waals surface area contributed by atoms with E-state index in [0.29, 0.717) is 12.8 Å². The van der Waals surface area contributed by atoms with Gasteiger partial charge in [0.25, 0.3) is 0 Å². The van der Waals surface area contributed by atoms with Crippen molar-refractivity contribution in [1.82, 2.24) is 10.2 Å². The van der Waals surface area contributed by atoms with Gasteiger partial charge < -0.3 is 10.2 Å². The first-order chi connectivity index (χ1) is 12.0. The van der Waals surface area contributed by atoms with E-state index in [1.54, 1.807) is 26.1 Å². The molecule has 0 aliphatic rings. The monoisotopic (exact) mass is 342 g/mol. The molecule has 0 aliphatic heterocycles. The number of hydrogen-bond acceptors (Lipinski definition) is 2. The molecule has 0 aliphatic carbocycles. The molecule has 2 amide bonds. The summed E-state index contributed by atoms with van der Waals surface area (Å²) in [6, 6.07) is 15.1. The van der Waals surface area contributed by atoms with Crippen LogP contribution in [0.5, 0.6) is 0 Å². The molecule has 0 bridgehead atoms. The zero-order valence-electron chi connectivity index (χ0n) is 14.5. The van der Waals surface area contributed by atoms with E-state index in [0.717, 1.165) is 11.1 Å². The smallest absolute Gasteiger partial charge is 0.242 e. The van der Waals surface area contributed by atoms with Gasteiger partial charge in [-0.15, -0.1) is 0 Å². The number of hydrogen-bond donors (Lipinski definition) is 1. The zero-order valence-corrected chi connectivity index (χ0v) is 14.5. The molecule has 0 heterocycles. The highest BCUT2D eigenvalue weighted by Crippen LogP contribution is 2.13. The highest BCUT2D eigenvalue weighted by molar-refractivity contribution is 5.87. The molecule has 1 N–H and O–H groups in total. The first-order valence-electron chi connectivity index (χ1n) is 8.30. The van der Waals surface area contributed by atoms with Crippen molar-refractivity contribution in [2.24, 2.45) is 0 Å². The summed E-state index contributed by atoms with van der Waals surface area (Å²) in [5.41, 5.74) is 1.86. The van der Waals surface area contributed by atoms with Crippen molar-refractivity contribution in [3.63, 3.8) is 0 Å². The molecular weight excluding hydrogens is 319 g/mol. The van der Waals surface area contributed by atoms with Gasteiger partial charge in [-0.3, -0.25) is 9.59 Å². The number of aryl methyl sites for hydroxylation is 1. The van der Waals surface area contributed by atoms with Crippen molar-refractivity contribution in [1.29, 1.82) is 0 Å². The van der Waals surface area contributed by atoms with E-state index in [9.17, 15) is 14.0 Å². The molecule has 132 valence electrons. The lowest BCUT2D eigenvalue weighted by Gasteiger charge is -2.28. The van der Waals surface area contributed by atoms with Crippen LogP contribution in [0.4, 0.5) is 4.39 Å². The number of carbonyl (C=O) groups excluding carboxylic acids is 2. The number of benzene rings is 2. The van der Waals surface area contributed by atoms with Gasteiger partial charge in [-0.1, -0.05) is 42.5 Å². The fraction of sp³-hybridized carbons (Fsp3) is 0.300. The van der Waals surface area contributed by atoms with Gasteiger partial charge in [-0.25, -0.2) is 4.39 Å². The Morgan fingerprint density at radius 1 is 1.04 bits per heavy atom. The summed E-state index contributed by atoms with van der Waals surface area (Å²) < 4.78 is 13.1. The number of amides is 2. The molecule has 0 saturated heterocycles. The van der Waals surface area contributed by atoms with Crippen LogP contribution in [-0.2, 0) is 22.6 Å². The quantitative estimate of drug-likeness (QED) is 0.841. The fourth-order valence-corrected chi connectivity index (χ4v) is 2.62. The summed E-state index contributed by atoms with van der Waals surface area (Å²) in [4.78, 5) is 26.3. The summed E-state index contributed by atoms with van der Waals surface area (Å²) in [5, 5.41) is 2.58. The molecule has 1 atom stereocenters. The molecule has 5 heteroatoms. The van der Waals surface area contributed by atoms with Crippen LogP contribution in [0.15, 0.2) is 54.6 Å². The normalized spacial score (nSPS) is 11.6. The second kappa shape index (κ2) is 8.97. The van der Waals surface area contributed by atoms with Gasteiger partial charge in [0.2, 0.25) is 11.8 Å². The van der Waals surface area contributed by atoms with Gasteiger partial charge >= 0.3 is 0 Å². The Kier molecular flexibility index (Phi) is 6.69. The van der Waals surface area contributed by atoms with Crippen LogP contribution in [0.2, 0.25) is 0 Å². The largest absolute Gasteiger partial charge is 0.357 e. The number of carbonyl (C=O) groups is 2. The van der Waals surface area contributed by atoms with Gasteiger partial charge in [0.1, 0.15) is 11.9 Å². The average Bonchev–Trinajstić information content (AvgIpc) is 2.65. The third-order valence-corrected chi connectivity index (χ3v) is 4.15. The van der Waals surface area contributed by atoms with E-state index < -0.39 is 6.04 Å². The molecule has 0 fully saturated rings. The molecule has 2 rings (SSSR count). The van der Waals surface area contributed by atoms with Crippen LogP contribution in [-0.4, -0.2) is 29.8 Å². The molecule has 0 aromatic heterocycles. The second-order valence-electron chi connectivity index (χ2n) is 5.92. The van der Waals surface area contributed by atoms with Crippen molar-refractivity contribution >= 4 is 11.8 Å². The van der Waals surface area contributed by atoms with Gasteiger partial charge in [-0.2, -0.15) is 0 Å². The molecule has 0 radical (unpaired) electrons. The van der Waals surface area contributed by atoms with Gasteiger partial charge in [0.05, 0.1) is 0 Å². The van der Waals surface area contributed by atoms with Crippen LogP contribution >= 0.6 is 0 Å². The van der Waals surface area contributed by atoms with E-state index in [1.165, 1.54) is 17.0 Å². The lowest BCUT2D eigenvalue weighted by atomic mass is 10.1. The lowest BCUT2D eigenvalue weighted by Crippen LogP contribution is -2.46. The second-order valence-corrected chi connectivity index (χ2v) is 5.92. The van der Waals surface area contributed by atoms with E-state index in [-0.39, 0.29) is 24.2 Å². The maximum atomic E-state index is 13.1. The summed E-state index contributed by atoms with van der Waals surface area (Å²) in [6.07, 6.45) is 0.923. The Morgan fingerprint density at radius 2 is 1.68 bits per heavy atom. The van der Waals surface area contributed by atoms with Crippen LogP contribution in [0, 0.1) is 5.82 Å². The maximum Gasteiger partial charge on any atom is 0.242 e. The Hall–Kier alpha value is -2.69. The van der Waals surface area contributed by atoms with Crippen molar-refractivity contribution in [3.05, 3.63) is 71.5 Å². The number of nitrogens with one attached hydrogen (secondary N) is 1. The van der Waals surface area contributed by atoms with E-state index in [2.05, 4.69) is 5.32 Å². The third kappa shape index (κ3) is 5.41. The summed E-state index contributed by atoms with van der Waals surface area (Å²) in [6.45, 7) is 1.96. The third-order valence-electron chi connectivity index (χ3n) is 4.15. The Bertz CT molecular complexity index is 701. The van der Waals surface area contributed by atoms with Gasteiger partial charge in [-0.05, 0) is 36.6 Å². The molecule has 2 aromatic carbocycles. The fourth-order valence-electron chi connectivity index (χ4n) is 2.62. The summed E-state index contributed by atoms with van der Waals surface area (Å²) >= 11 is 0. The summed E-state index contributed by atoms with van der Waals surface area (Å²) in [7, 11) is 1.54. The van der Waals surface area contributed by atoms with Gasteiger partial charge in [0.15, 0.2) is 0 Å². The zero-order chi connectivity index (χ0) is 18.2. The van der Waals surface area contributed by atoms with Crippen LogP contribution < -0.4 is 5.32 Å². The van der Waals surface area contributed by atoms with Crippen molar-refractivity contribution in [2.75, 3.05) is 7.05 Å². The average molecular weight is 342 g/mol. The van der Waals surface area contributed by atoms with E-state index in [4.69, 9.17) is 0 Å². The minimum absolute atomic E-state index is 0.107. The van der Waals surface area contributed by atoms with E-state index >= 15 is 0 Å². The predicted octanol–water partition coefficient (Wildman–Crippen LogP) is 2.92. The number of halogens is 1. The first-order valence-corrected chi connectivity index (χ1v) is 8.30. The van der Waals surface area contributed by atoms with E-state index in [1.807, 2.05) is 30.3 Å². The SMILES string of the molecule is CNC(=O)C(C)N(Cc1ccc(F)cc1)C(=O)CCc1ccccc1. The highest BCUT2D eigenvalue weighted by Gasteiger charge is 2.25. The van der Waals surface area contributed by atoms with Crippen LogP contribution in [0.3, 0.4) is 0 Å².